The standard InChI is InChI=1S/C24H25Br2NO/c1-2-9-23(20-12-7-4-8-13-20)27-16-19-14-21(25)24(22(26)15-19)28-17-18-10-5-3-6-11-18/h3-8,10-15,23,27H,2,9,16-17H2,1H3. The lowest BCUT2D eigenvalue weighted by Gasteiger charge is -2.19. The first-order chi connectivity index (χ1) is 13.7. The van der Waals surface area contributed by atoms with Crippen molar-refractivity contribution in [2.75, 3.05) is 0 Å². The third-order valence-corrected chi connectivity index (χ3v) is 5.79. The maximum absolute atomic E-state index is 6.03. The van der Waals surface area contributed by atoms with Gasteiger partial charge in [0.15, 0.2) is 0 Å². The lowest BCUT2D eigenvalue weighted by Crippen LogP contribution is -2.20. The fourth-order valence-electron chi connectivity index (χ4n) is 3.18. The molecule has 0 bridgehead atoms. The van der Waals surface area contributed by atoms with Crippen LogP contribution in [-0.2, 0) is 13.2 Å². The molecule has 1 N–H and O–H groups in total. The zero-order valence-electron chi connectivity index (χ0n) is 16.0. The summed E-state index contributed by atoms with van der Waals surface area (Å²) in [6.45, 7) is 3.57. The van der Waals surface area contributed by atoms with Crippen LogP contribution in [0.25, 0.3) is 0 Å². The Bertz CT molecular complexity index is 845. The zero-order valence-corrected chi connectivity index (χ0v) is 19.2. The minimum Gasteiger partial charge on any atom is -0.487 e. The normalized spacial score (nSPS) is 12.0. The van der Waals surface area contributed by atoms with E-state index in [1.54, 1.807) is 0 Å². The quantitative estimate of drug-likeness (QED) is 0.328. The first-order valence-electron chi connectivity index (χ1n) is 9.60. The van der Waals surface area contributed by atoms with Gasteiger partial charge in [-0.2, -0.15) is 0 Å². The summed E-state index contributed by atoms with van der Waals surface area (Å²) in [7, 11) is 0. The average Bonchev–Trinajstić information content (AvgIpc) is 2.72. The number of ether oxygens (including phenoxy) is 1. The number of rotatable bonds is 9. The SMILES string of the molecule is CCCC(NCc1cc(Br)c(OCc2ccccc2)c(Br)c1)c1ccccc1. The molecule has 0 radical (unpaired) electrons. The van der Waals surface area contributed by atoms with E-state index in [9.17, 15) is 0 Å². The Morgan fingerprint density at radius 3 is 2.07 bits per heavy atom. The van der Waals surface area contributed by atoms with E-state index in [1.807, 2.05) is 18.2 Å². The second kappa shape index (κ2) is 10.8. The van der Waals surface area contributed by atoms with Gasteiger partial charge in [-0.15, -0.1) is 0 Å². The number of hydrogen-bond donors (Lipinski definition) is 1. The number of hydrogen-bond acceptors (Lipinski definition) is 2. The topological polar surface area (TPSA) is 21.3 Å². The Kier molecular flexibility index (Phi) is 8.13. The highest BCUT2D eigenvalue weighted by Gasteiger charge is 2.13. The van der Waals surface area contributed by atoms with Crippen LogP contribution in [0.1, 0.15) is 42.5 Å². The van der Waals surface area contributed by atoms with Crippen LogP contribution >= 0.6 is 31.9 Å². The molecule has 0 aliphatic heterocycles. The molecule has 3 aromatic carbocycles. The van der Waals surface area contributed by atoms with Crippen LogP contribution in [0.5, 0.6) is 5.75 Å². The van der Waals surface area contributed by atoms with Crippen LogP contribution in [0, 0.1) is 0 Å². The van der Waals surface area contributed by atoms with Crippen LogP contribution in [0.3, 0.4) is 0 Å². The highest BCUT2D eigenvalue weighted by molar-refractivity contribution is 9.11. The smallest absolute Gasteiger partial charge is 0.148 e. The molecule has 0 aliphatic carbocycles. The molecule has 2 nitrogen and oxygen atoms in total. The number of halogens is 2. The summed E-state index contributed by atoms with van der Waals surface area (Å²) in [6, 6.07) is 25.5. The van der Waals surface area contributed by atoms with Gasteiger partial charge in [0.05, 0.1) is 8.95 Å². The van der Waals surface area contributed by atoms with E-state index in [0.717, 1.165) is 39.6 Å². The second-order valence-corrected chi connectivity index (χ2v) is 8.50. The minimum absolute atomic E-state index is 0.359. The van der Waals surface area contributed by atoms with Gasteiger partial charge in [-0.25, -0.2) is 0 Å². The van der Waals surface area contributed by atoms with Gasteiger partial charge in [0.1, 0.15) is 12.4 Å². The van der Waals surface area contributed by atoms with E-state index < -0.39 is 0 Å². The van der Waals surface area contributed by atoms with Crippen molar-refractivity contribution in [3.05, 3.63) is 98.4 Å². The van der Waals surface area contributed by atoms with Gasteiger partial charge in [0.2, 0.25) is 0 Å². The third-order valence-electron chi connectivity index (χ3n) is 4.62. The maximum atomic E-state index is 6.03. The molecule has 0 aromatic heterocycles. The van der Waals surface area contributed by atoms with E-state index in [4.69, 9.17) is 4.74 Å². The van der Waals surface area contributed by atoms with Crippen molar-refractivity contribution in [1.29, 1.82) is 0 Å². The van der Waals surface area contributed by atoms with Crippen molar-refractivity contribution in [2.24, 2.45) is 0 Å². The summed E-state index contributed by atoms with van der Waals surface area (Å²) in [5.74, 6) is 0.834. The Labute approximate surface area is 184 Å². The molecule has 0 spiro atoms. The zero-order chi connectivity index (χ0) is 19.8. The van der Waals surface area contributed by atoms with Gasteiger partial charge in [-0.05, 0) is 67.1 Å². The van der Waals surface area contributed by atoms with E-state index in [-0.39, 0.29) is 0 Å². The average molecular weight is 503 g/mol. The molecule has 0 saturated heterocycles. The van der Waals surface area contributed by atoms with Crippen molar-refractivity contribution in [2.45, 2.75) is 39.0 Å². The molecule has 1 unspecified atom stereocenters. The molecule has 0 aliphatic rings. The minimum atomic E-state index is 0.359. The van der Waals surface area contributed by atoms with Crippen LogP contribution in [-0.4, -0.2) is 0 Å². The largest absolute Gasteiger partial charge is 0.487 e. The summed E-state index contributed by atoms with van der Waals surface area (Å²) >= 11 is 7.34. The summed E-state index contributed by atoms with van der Waals surface area (Å²) in [5, 5.41) is 3.70. The highest BCUT2D eigenvalue weighted by Crippen LogP contribution is 2.35. The number of benzene rings is 3. The molecule has 4 heteroatoms. The maximum Gasteiger partial charge on any atom is 0.148 e. The van der Waals surface area contributed by atoms with Crippen molar-refractivity contribution in [3.8, 4) is 5.75 Å². The van der Waals surface area contributed by atoms with Crippen LogP contribution in [0.4, 0.5) is 0 Å². The molecule has 0 amide bonds. The van der Waals surface area contributed by atoms with Gasteiger partial charge >= 0.3 is 0 Å². The molecule has 0 fully saturated rings. The third kappa shape index (κ3) is 5.94. The van der Waals surface area contributed by atoms with Crippen LogP contribution in [0.2, 0.25) is 0 Å². The first kappa shape index (κ1) is 21.1. The summed E-state index contributed by atoms with van der Waals surface area (Å²) in [6.07, 6.45) is 2.26. The Hall–Kier alpha value is -1.62. The van der Waals surface area contributed by atoms with Gasteiger partial charge in [0, 0.05) is 12.6 Å². The Morgan fingerprint density at radius 1 is 0.857 bits per heavy atom. The fourth-order valence-corrected chi connectivity index (χ4v) is 4.69. The molecule has 28 heavy (non-hydrogen) atoms. The van der Waals surface area contributed by atoms with Crippen LogP contribution < -0.4 is 10.1 Å². The Morgan fingerprint density at radius 2 is 1.46 bits per heavy atom. The number of nitrogens with one attached hydrogen (secondary N) is 1. The van der Waals surface area contributed by atoms with E-state index in [0.29, 0.717) is 12.6 Å². The summed E-state index contributed by atoms with van der Waals surface area (Å²) in [4.78, 5) is 0. The lowest BCUT2D eigenvalue weighted by molar-refractivity contribution is 0.302. The highest BCUT2D eigenvalue weighted by atomic mass is 79.9. The molecule has 1 atom stereocenters. The van der Waals surface area contributed by atoms with Crippen LogP contribution in [0.15, 0.2) is 81.7 Å². The molecule has 0 heterocycles. The van der Waals surface area contributed by atoms with Gasteiger partial charge in [0.25, 0.3) is 0 Å². The predicted molar refractivity (Wildman–Crippen MR) is 124 cm³/mol. The van der Waals surface area contributed by atoms with Gasteiger partial charge in [-0.1, -0.05) is 74.0 Å². The van der Waals surface area contributed by atoms with E-state index in [2.05, 4.69) is 98.7 Å². The monoisotopic (exact) mass is 501 g/mol. The van der Waals surface area contributed by atoms with Gasteiger partial charge in [-0.3, -0.25) is 0 Å². The van der Waals surface area contributed by atoms with Crippen molar-refractivity contribution in [1.82, 2.24) is 5.32 Å². The van der Waals surface area contributed by atoms with Crippen molar-refractivity contribution < 1.29 is 4.74 Å². The van der Waals surface area contributed by atoms with E-state index >= 15 is 0 Å². The molecule has 3 rings (SSSR count). The summed E-state index contributed by atoms with van der Waals surface area (Å²) < 4.78 is 7.95. The predicted octanol–water partition coefficient (Wildman–Crippen LogP) is 7.42. The lowest BCUT2D eigenvalue weighted by atomic mass is 10.0. The summed E-state index contributed by atoms with van der Waals surface area (Å²) in [5.41, 5.74) is 3.70. The fraction of sp³-hybridized carbons (Fsp3) is 0.250. The van der Waals surface area contributed by atoms with Crippen molar-refractivity contribution >= 4 is 31.9 Å². The first-order valence-corrected chi connectivity index (χ1v) is 11.2. The van der Waals surface area contributed by atoms with Crippen molar-refractivity contribution in [3.63, 3.8) is 0 Å². The molecule has 146 valence electrons. The second-order valence-electron chi connectivity index (χ2n) is 6.80. The molecule has 0 saturated carbocycles. The Balaban J connectivity index is 1.66. The molecular formula is C24H25Br2NO. The van der Waals surface area contributed by atoms with E-state index in [1.165, 1.54) is 11.1 Å². The van der Waals surface area contributed by atoms with Gasteiger partial charge < -0.3 is 10.1 Å². The molecular weight excluding hydrogens is 478 g/mol. The molecule has 3 aromatic rings.